The molecule has 8 nitrogen and oxygen atoms in total. The lowest BCUT2D eigenvalue weighted by molar-refractivity contribution is 0.383. The van der Waals surface area contributed by atoms with E-state index in [9.17, 15) is 8.42 Å². The summed E-state index contributed by atoms with van der Waals surface area (Å²) in [5.74, 6) is 2.36. The molecular formula is C22H31N5O3S. The third kappa shape index (κ3) is 4.21. The van der Waals surface area contributed by atoms with E-state index in [1.807, 2.05) is 26.8 Å². The molecular weight excluding hydrogens is 414 g/mol. The molecule has 0 unspecified atom stereocenters. The molecule has 0 saturated carbocycles. The van der Waals surface area contributed by atoms with Gasteiger partial charge in [-0.25, -0.2) is 13.4 Å². The van der Waals surface area contributed by atoms with Crippen molar-refractivity contribution in [2.45, 2.75) is 38.5 Å². The van der Waals surface area contributed by atoms with Crippen LogP contribution in [-0.4, -0.2) is 69.1 Å². The molecule has 0 N–H and O–H groups in total. The SMILES string of the molecule is COc1ccc(S(=O)(=O)N2CCN(c3cc(C)nc(N4CCCC4)n3)CC2)c(C)c1C. The van der Waals surface area contributed by atoms with E-state index in [1.54, 1.807) is 23.5 Å². The number of benzene rings is 1. The van der Waals surface area contributed by atoms with E-state index in [1.165, 1.54) is 12.8 Å². The van der Waals surface area contributed by atoms with Crippen molar-refractivity contribution in [3.05, 3.63) is 35.0 Å². The Kier molecular flexibility index (Phi) is 6.07. The molecule has 0 spiro atoms. The number of nitrogens with zero attached hydrogens (tertiary/aromatic N) is 5. The number of aryl methyl sites for hydroxylation is 1. The Morgan fingerprint density at radius 3 is 2.19 bits per heavy atom. The number of sulfonamides is 1. The van der Waals surface area contributed by atoms with Crippen molar-refractivity contribution in [3.8, 4) is 5.75 Å². The fraction of sp³-hybridized carbons (Fsp3) is 0.545. The zero-order chi connectivity index (χ0) is 22.2. The second-order valence-electron chi connectivity index (χ2n) is 8.27. The molecule has 0 atom stereocenters. The molecule has 2 aromatic rings. The monoisotopic (exact) mass is 445 g/mol. The maximum absolute atomic E-state index is 13.3. The maximum atomic E-state index is 13.3. The van der Waals surface area contributed by atoms with E-state index in [0.717, 1.165) is 41.7 Å². The smallest absolute Gasteiger partial charge is 0.243 e. The zero-order valence-electron chi connectivity index (χ0n) is 18.8. The average molecular weight is 446 g/mol. The molecule has 2 fully saturated rings. The lowest BCUT2D eigenvalue weighted by Gasteiger charge is -2.35. The molecule has 0 radical (unpaired) electrons. The van der Waals surface area contributed by atoms with Gasteiger partial charge in [-0.2, -0.15) is 9.29 Å². The number of hydrogen-bond acceptors (Lipinski definition) is 7. The summed E-state index contributed by atoms with van der Waals surface area (Å²) in [6.07, 6.45) is 2.35. The first-order valence-corrected chi connectivity index (χ1v) is 12.2. The Morgan fingerprint density at radius 2 is 1.55 bits per heavy atom. The Balaban J connectivity index is 1.51. The van der Waals surface area contributed by atoms with Crippen LogP contribution in [0.1, 0.15) is 29.7 Å². The molecule has 168 valence electrons. The Morgan fingerprint density at radius 1 is 0.871 bits per heavy atom. The summed E-state index contributed by atoms with van der Waals surface area (Å²) < 4.78 is 33.5. The highest BCUT2D eigenvalue weighted by molar-refractivity contribution is 7.89. The second kappa shape index (κ2) is 8.63. The van der Waals surface area contributed by atoms with Crippen molar-refractivity contribution in [2.75, 3.05) is 56.2 Å². The minimum Gasteiger partial charge on any atom is -0.496 e. The van der Waals surface area contributed by atoms with Gasteiger partial charge in [0.25, 0.3) is 0 Å². The Hall–Kier alpha value is -2.39. The summed E-state index contributed by atoms with van der Waals surface area (Å²) in [7, 11) is -1.97. The van der Waals surface area contributed by atoms with Gasteiger partial charge in [-0.1, -0.05) is 0 Å². The van der Waals surface area contributed by atoms with E-state index >= 15 is 0 Å². The number of ether oxygens (including phenoxy) is 1. The van der Waals surface area contributed by atoms with Gasteiger partial charge in [0.15, 0.2) is 0 Å². The highest BCUT2D eigenvalue weighted by atomic mass is 32.2. The van der Waals surface area contributed by atoms with Crippen LogP contribution in [0.5, 0.6) is 5.75 Å². The van der Waals surface area contributed by atoms with Gasteiger partial charge in [0, 0.05) is 51.0 Å². The molecule has 2 aliphatic rings. The summed E-state index contributed by atoms with van der Waals surface area (Å²) in [6, 6.07) is 5.37. The van der Waals surface area contributed by atoms with Gasteiger partial charge in [0.05, 0.1) is 12.0 Å². The van der Waals surface area contributed by atoms with E-state index in [-0.39, 0.29) is 0 Å². The predicted molar refractivity (Wildman–Crippen MR) is 122 cm³/mol. The molecule has 0 aliphatic carbocycles. The first-order valence-electron chi connectivity index (χ1n) is 10.8. The van der Waals surface area contributed by atoms with Crippen LogP contribution in [-0.2, 0) is 10.0 Å². The van der Waals surface area contributed by atoms with Crippen molar-refractivity contribution in [3.63, 3.8) is 0 Å². The molecule has 1 aromatic carbocycles. The number of rotatable bonds is 5. The van der Waals surface area contributed by atoms with E-state index in [4.69, 9.17) is 9.72 Å². The fourth-order valence-corrected chi connectivity index (χ4v) is 6.03. The fourth-order valence-electron chi connectivity index (χ4n) is 4.33. The van der Waals surface area contributed by atoms with Crippen LogP contribution in [0.3, 0.4) is 0 Å². The molecule has 9 heteroatoms. The van der Waals surface area contributed by atoms with Gasteiger partial charge in [-0.3, -0.25) is 0 Å². The average Bonchev–Trinajstić information content (AvgIpc) is 3.30. The number of hydrogen-bond donors (Lipinski definition) is 0. The van der Waals surface area contributed by atoms with Crippen LogP contribution in [0.4, 0.5) is 11.8 Å². The van der Waals surface area contributed by atoms with Gasteiger partial charge in [0.2, 0.25) is 16.0 Å². The van der Waals surface area contributed by atoms with Crippen molar-refractivity contribution in [1.29, 1.82) is 0 Å². The largest absolute Gasteiger partial charge is 0.496 e. The third-order valence-electron chi connectivity index (χ3n) is 6.31. The van der Waals surface area contributed by atoms with Crippen LogP contribution >= 0.6 is 0 Å². The zero-order valence-corrected chi connectivity index (χ0v) is 19.6. The summed E-state index contributed by atoms with van der Waals surface area (Å²) in [4.78, 5) is 14.1. The Labute approximate surface area is 184 Å². The number of anilines is 2. The molecule has 0 bridgehead atoms. The van der Waals surface area contributed by atoms with Crippen LogP contribution < -0.4 is 14.5 Å². The lowest BCUT2D eigenvalue weighted by atomic mass is 10.1. The minimum atomic E-state index is -3.57. The summed E-state index contributed by atoms with van der Waals surface area (Å²) in [6.45, 7) is 9.76. The summed E-state index contributed by atoms with van der Waals surface area (Å²) >= 11 is 0. The number of aromatic nitrogens is 2. The standard InChI is InChI=1S/C22H31N5O3S/c1-16-15-21(24-22(23-16)26-9-5-6-10-26)25-11-13-27(14-12-25)31(28,29)20-8-7-19(30-4)17(2)18(20)3/h7-8,15H,5-6,9-14H2,1-4H3. The summed E-state index contributed by atoms with van der Waals surface area (Å²) in [5.41, 5.74) is 2.53. The van der Waals surface area contributed by atoms with E-state index < -0.39 is 10.0 Å². The van der Waals surface area contributed by atoms with Crippen LogP contribution in [0.15, 0.2) is 23.1 Å². The second-order valence-corrected chi connectivity index (χ2v) is 10.2. The lowest BCUT2D eigenvalue weighted by Crippen LogP contribution is -2.49. The topological polar surface area (TPSA) is 78.9 Å². The first kappa shape index (κ1) is 21.8. The molecule has 2 saturated heterocycles. The minimum absolute atomic E-state index is 0.355. The maximum Gasteiger partial charge on any atom is 0.243 e. The van der Waals surface area contributed by atoms with Gasteiger partial charge >= 0.3 is 0 Å². The molecule has 31 heavy (non-hydrogen) atoms. The molecule has 3 heterocycles. The van der Waals surface area contributed by atoms with Crippen molar-refractivity contribution < 1.29 is 13.2 Å². The summed E-state index contributed by atoms with van der Waals surface area (Å²) in [5, 5.41) is 0. The number of piperazine rings is 1. The first-order chi connectivity index (χ1) is 14.8. The highest BCUT2D eigenvalue weighted by Gasteiger charge is 2.31. The van der Waals surface area contributed by atoms with Gasteiger partial charge in [0.1, 0.15) is 11.6 Å². The van der Waals surface area contributed by atoms with Crippen molar-refractivity contribution in [1.82, 2.24) is 14.3 Å². The molecule has 1 aromatic heterocycles. The highest BCUT2D eigenvalue weighted by Crippen LogP contribution is 2.30. The van der Waals surface area contributed by atoms with E-state index in [0.29, 0.717) is 36.8 Å². The van der Waals surface area contributed by atoms with Crippen molar-refractivity contribution in [2.24, 2.45) is 0 Å². The van der Waals surface area contributed by atoms with E-state index in [2.05, 4.69) is 14.8 Å². The third-order valence-corrected chi connectivity index (χ3v) is 8.35. The van der Waals surface area contributed by atoms with Gasteiger partial charge in [-0.05, 0) is 56.9 Å². The van der Waals surface area contributed by atoms with Crippen LogP contribution in [0, 0.1) is 20.8 Å². The van der Waals surface area contributed by atoms with Crippen LogP contribution in [0.25, 0.3) is 0 Å². The van der Waals surface area contributed by atoms with Gasteiger partial charge in [-0.15, -0.1) is 0 Å². The molecule has 0 amide bonds. The predicted octanol–water partition coefficient (Wildman–Crippen LogP) is 2.52. The van der Waals surface area contributed by atoms with Crippen molar-refractivity contribution >= 4 is 21.8 Å². The normalized spacial score (nSPS) is 17.9. The number of methoxy groups -OCH3 is 1. The Bertz CT molecular complexity index is 1060. The quantitative estimate of drug-likeness (QED) is 0.700. The van der Waals surface area contributed by atoms with Gasteiger partial charge < -0.3 is 14.5 Å². The van der Waals surface area contributed by atoms with Crippen LogP contribution in [0.2, 0.25) is 0 Å². The molecule has 2 aliphatic heterocycles. The molecule has 4 rings (SSSR count).